The second-order valence-electron chi connectivity index (χ2n) is 4.21. The van der Waals surface area contributed by atoms with Gasteiger partial charge in [0.05, 0.1) is 12.1 Å². The van der Waals surface area contributed by atoms with Gasteiger partial charge in [-0.2, -0.15) is 0 Å². The van der Waals surface area contributed by atoms with Crippen LogP contribution in [0.25, 0.3) is 0 Å². The van der Waals surface area contributed by atoms with Gasteiger partial charge < -0.3 is 15.7 Å². The largest absolute Gasteiger partial charge is 0.392 e. The van der Waals surface area contributed by atoms with Crippen molar-refractivity contribution in [2.75, 3.05) is 13.1 Å². The second-order valence-corrected chi connectivity index (χ2v) is 4.21. The molecule has 2 heterocycles. The number of carbonyl (C=O) groups is 1. The molecule has 0 saturated carbocycles. The summed E-state index contributed by atoms with van der Waals surface area (Å²) < 4.78 is 0. The molecular weight excluding hydrogens is 218 g/mol. The summed E-state index contributed by atoms with van der Waals surface area (Å²) in [6.45, 7) is 1.07. The smallest absolute Gasteiger partial charge is 0.237 e. The van der Waals surface area contributed by atoms with Gasteiger partial charge in [-0.25, -0.2) is 0 Å². The zero-order chi connectivity index (χ0) is 12.1. The molecule has 92 valence electrons. The van der Waals surface area contributed by atoms with Crippen LogP contribution >= 0.6 is 0 Å². The zero-order valence-corrected chi connectivity index (χ0v) is 9.60. The van der Waals surface area contributed by atoms with Gasteiger partial charge in [0.2, 0.25) is 5.91 Å². The summed E-state index contributed by atoms with van der Waals surface area (Å²) in [5.41, 5.74) is 0.965. The Morgan fingerprint density at radius 1 is 1.59 bits per heavy atom. The van der Waals surface area contributed by atoms with Gasteiger partial charge in [0.25, 0.3) is 0 Å². The molecule has 0 aromatic carbocycles. The third-order valence-corrected chi connectivity index (χ3v) is 2.83. The van der Waals surface area contributed by atoms with E-state index in [4.69, 9.17) is 0 Å². The van der Waals surface area contributed by atoms with E-state index >= 15 is 0 Å². The maximum atomic E-state index is 11.7. The first-order chi connectivity index (χ1) is 8.25. The number of aliphatic hydroxyl groups is 1. The molecule has 3 N–H and O–H groups in total. The lowest BCUT2D eigenvalue weighted by Crippen LogP contribution is -2.41. The average Bonchev–Trinajstić information content (AvgIpc) is 2.77. The minimum absolute atomic E-state index is 0.0440. The molecule has 1 aromatic heterocycles. The van der Waals surface area contributed by atoms with E-state index in [1.165, 1.54) is 0 Å². The normalized spacial score (nSPS) is 23.6. The SMILES string of the molecule is O=C(NCCc1ccccn1)C1CC(O)CN1. The molecular formula is C12H17N3O2. The monoisotopic (exact) mass is 235 g/mol. The van der Waals surface area contributed by atoms with Gasteiger partial charge in [0, 0.05) is 31.4 Å². The lowest BCUT2D eigenvalue weighted by molar-refractivity contribution is -0.122. The lowest BCUT2D eigenvalue weighted by atomic mass is 10.2. The number of carbonyl (C=O) groups excluding carboxylic acids is 1. The Labute approximate surface area is 100 Å². The van der Waals surface area contributed by atoms with E-state index in [0.717, 1.165) is 12.1 Å². The van der Waals surface area contributed by atoms with Gasteiger partial charge in [-0.1, -0.05) is 6.07 Å². The molecule has 1 saturated heterocycles. The summed E-state index contributed by atoms with van der Waals surface area (Å²) >= 11 is 0. The Hall–Kier alpha value is -1.46. The van der Waals surface area contributed by atoms with Crippen molar-refractivity contribution in [1.82, 2.24) is 15.6 Å². The molecule has 1 aliphatic rings. The van der Waals surface area contributed by atoms with E-state index in [-0.39, 0.29) is 11.9 Å². The molecule has 1 aromatic rings. The number of hydrogen-bond donors (Lipinski definition) is 3. The number of β-amino-alcohol motifs (C(OH)–C–C–N with tert-alkyl or cyclic N) is 1. The van der Waals surface area contributed by atoms with Crippen LogP contribution in [0.15, 0.2) is 24.4 Å². The maximum Gasteiger partial charge on any atom is 0.237 e. The summed E-state index contributed by atoms with van der Waals surface area (Å²) in [6.07, 6.45) is 2.56. The van der Waals surface area contributed by atoms with Crippen LogP contribution in [0.5, 0.6) is 0 Å². The summed E-state index contributed by atoms with van der Waals surface area (Å²) in [6, 6.07) is 5.48. The summed E-state index contributed by atoms with van der Waals surface area (Å²) in [7, 11) is 0. The number of hydrogen-bond acceptors (Lipinski definition) is 4. The van der Waals surface area contributed by atoms with Gasteiger partial charge >= 0.3 is 0 Å². The van der Waals surface area contributed by atoms with Gasteiger partial charge in [-0.05, 0) is 18.6 Å². The first kappa shape index (κ1) is 12.0. The van der Waals surface area contributed by atoms with Crippen LogP contribution in [0.1, 0.15) is 12.1 Å². The Balaban J connectivity index is 1.70. The first-order valence-corrected chi connectivity index (χ1v) is 5.85. The van der Waals surface area contributed by atoms with Crippen molar-refractivity contribution in [1.29, 1.82) is 0 Å². The summed E-state index contributed by atoms with van der Waals surface area (Å²) in [4.78, 5) is 15.9. The van der Waals surface area contributed by atoms with Crippen LogP contribution < -0.4 is 10.6 Å². The number of aliphatic hydroxyl groups excluding tert-OH is 1. The predicted molar refractivity (Wildman–Crippen MR) is 63.4 cm³/mol. The minimum Gasteiger partial charge on any atom is -0.392 e. The quantitative estimate of drug-likeness (QED) is 0.655. The summed E-state index contributed by atoms with van der Waals surface area (Å²) in [5.74, 6) is -0.0440. The molecule has 1 fully saturated rings. The van der Waals surface area contributed by atoms with E-state index in [1.54, 1.807) is 6.20 Å². The third kappa shape index (κ3) is 3.51. The Morgan fingerprint density at radius 3 is 3.12 bits per heavy atom. The van der Waals surface area contributed by atoms with Crippen LogP contribution in [-0.4, -0.2) is 41.2 Å². The molecule has 0 radical (unpaired) electrons. The number of aromatic nitrogens is 1. The molecule has 1 amide bonds. The zero-order valence-electron chi connectivity index (χ0n) is 9.60. The minimum atomic E-state index is -0.401. The van der Waals surface area contributed by atoms with Crippen LogP contribution in [0.2, 0.25) is 0 Å². The molecule has 1 aliphatic heterocycles. The molecule has 2 unspecified atom stereocenters. The van der Waals surface area contributed by atoms with E-state index in [2.05, 4.69) is 15.6 Å². The van der Waals surface area contributed by atoms with Gasteiger partial charge in [-0.3, -0.25) is 9.78 Å². The first-order valence-electron chi connectivity index (χ1n) is 5.85. The predicted octanol–water partition coefficient (Wildman–Crippen LogP) is -0.537. The molecule has 5 nitrogen and oxygen atoms in total. The van der Waals surface area contributed by atoms with Gasteiger partial charge in [-0.15, -0.1) is 0 Å². The van der Waals surface area contributed by atoms with E-state index < -0.39 is 6.10 Å². The highest BCUT2D eigenvalue weighted by Crippen LogP contribution is 2.05. The fourth-order valence-corrected chi connectivity index (χ4v) is 1.90. The number of nitrogens with one attached hydrogen (secondary N) is 2. The topological polar surface area (TPSA) is 74.2 Å². The van der Waals surface area contributed by atoms with Crippen LogP contribution in [-0.2, 0) is 11.2 Å². The lowest BCUT2D eigenvalue weighted by Gasteiger charge is -2.10. The number of nitrogens with zero attached hydrogens (tertiary/aromatic N) is 1. The van der Waals surface area contributed by atoms with Gasteiger partial charge in [0.15, 0.2) is 0 Å². The number of pyridine rings is 1. The van der Waals surface area contributed by atoms with Gasteiger partial charge in [0.1, 0.15) is 0 Å². The Bertz CT molecular complexity index is 369. The second kappa shape index (κ2) is 5.75. The van der Waals surface area contributed by atoms with Crippen molar-refractivity contribution < 1.29 is 9.90 Å². The van der Waals surface area contributed by atoms with Crippen molar-refractivity contribution in [3.63, 3.8) is 0 Å². The van der Waals surface area contributed by atoms with Crippen molar-refractivity contribution >= 4 is 5.91 Å². The Kier molecular flexibility index (Phi) is 4.06. The molecule has 2 rings (SSSR count). The maximum absolute atomic E-state index is 11.7. The van der Waals surface area contributed by atoms with Crippen molar-refractivity contribution in [2.45, 2.75) is 25.0 Å². The van der Waals surface area contributed by atoms with Crippen molar-refractivity contribution in [3.05, 3.63) is 30.1 Å². The highest BCUT2D eigenvalue weighted by atomic mass is 16.3. The number of amides is 1. The summed E-state index contributed by atoms with van der Waals surface area (Å²) in [5, 5.41) is 15.1. The van der Waals surface area contributed by atoms with Crippen LogP contribution in [0.3, 0.4) is 0 Å². The number of rotatable bonds is 4. The van der Waals surface area contributed by atoms with E-state index in [9.17, 15) is 9.90 Å². The molecule has 0 aliphatic carbocycles. The molecule has 5 heteroatoms. The molecule has 0 bridgehead atoms. The van der Waals surface area contributed by atoms with Crippen molar-refractivity contribution in [2.24, 2.45) is 0 Å². The van der Waals surface area contributed by atoms with Crippen molar-refractivity contribution in [3.8, 4) is 0 Å². The average molecular weight is 235 g/mol. The third-order valence-electron chi connectivity index (χ3n) is 2.83. The van der Waals surface area contributed by atoms with E-state index in [0.29, 0.717) is 19.5 Å². The molecule has 0 spiro atoms. The fourth-order valence-electron chi connectivity index (χ4n) is 1.90. The molecule has 2 atom stereocenters. The highest BCUT2D eigenvalue weighted by Gasteiger charge is 2.27. The van der Waals surface area contributed by atoms with Crippen LogP contribution in [0, 0.1) is 0 Å². The standard InChI is InChI=1S/C12H17N3O2/c16-10-7-11(15-8-10)12(17)14-6-4-9-3-1-2-5-13-9/h1-3,5,10-11,15-16H,4,6-8H2,(H,14,17). The van der Waals surface area contributed by atoms with E-state index in [1.807, 2.05) is 18.2 Å². The van der Waals surface area contributed by atoms with Crippen LogP contribution in [0.4, 0.5) is 0 Å². The highest BCUT2D eigenvalue weighted by molar-refractivity contribution is 5.82. The molecule has 17 heavy (non-hydrogen) atoms. The fraction of sp³-hybridized carbons (Fsp3) is 0.500. The Morgan fingerprint density at radius 2 is 2.47 bits per heavy atom.